The second kappa shape index (κ2) is 7.81. The number of rotatable bonds is 7. The summed E-state index contributed by atoms with van der Waals surface area (Å²) in [7, 11) is 2.18. The first-order valence-corrected chi connectivity index (χ1v) is 8.22. The number of hydrogen-bond acceptors (Lipinski definition) is 3. The van der Waals surface area contributed by atoms with Crippen LogP contribution in [0.5, 0.6) is 5.75 Å². The molecule has 118 valence electrons. The summed E-state index contributed by atoms with van der Waals surface area (Å²) in [6.07, 6.45) is 5.09. The van der Waals surface area contributed by atoms with Gasteiger partial charge in [-0.2, -0.15) is 0 Å². The number of benzene rings is 1. The van der Waals surface area contributed by atoms with Gasteiger partial charge in [0.05, 0.1) is 12.7 Å². The van der Waals surface area contributed by atoms with Gasteiger partial charge in [-0.05, 0) is 57.4 Å². The molecule has 0 spiro atoms. The van der Waals surface area contributed by atoms with Crippen LogP contribution in [0.1, 0.15) is 56.8 Å². The molecule has 0 aromatic heterocycles. The molecule has 0 heterocycles. The molecule has 1 saturated carbocycles. The lowest BCUT2D eigenvalue weighted by Crippen LogP contribution is -2.24. The van der Waals surface area contributed by atoms with E-state index in [-0.39, 0.29) is 0 Å². The summed E-state index contributed by atoms with van der Waals surface area (Å²) in [5.74, 6) is 1.80. The molecule has 0 aliphatic heterocycles. The van der Waals surface area contributed by atoms with Gasteiger partial charge in [-0.15, -0.1) is 0 Å². The molecular weight excluding hydrogens is 262 g/mol. The molecule has 0 radical (unpaired) electrons. The summed E-state index contributed by atoms with van der Waals surface area (Å²) >= 11 is 0. The van der Waals surface area contributed by atoms with E-state index in [9.17, 15) is 5.11 Å². The molecule has 1 fully saturated rings. The van der Waals surface area contributed by atoms with Crippen LogP contribution in [0.25, 0.3) is 0 Å². The Morgan fingerprint density at radius 1 is 1.33 bits per heavy atom. The van der Waals surface area contributed by atoms with Gasteiger partial charge >= 0.3 is 0 Å². The van der Waals surface area contributed by atoms with Crippen molar-refractivity contribution in [3.05, 3.63) is 29.3 Å². The van der Waals surface area contributed by atoms with Crippen LogP contribution in [0.4, 0.5) is 0 Å². The van der Waals surface area contributed by atoms with Gasteiger partial charge in [-0.25, -0.2) is 0 Å². The standard InChI is InChI=1S/C18H29NO2/c1-4-21-18-10-9-16(14(2)20)11-17(18)13-19(3)12-15-7-5-6-8-15/h9-11,14-15,20H,4-8,12-13H2,1-3H3. The van der Waals surface area contributed by atoms with E-state index in [1.54, 1.807) is 0 Å². The molecule has 1 unspecified atom stereocenters. The van der Waals surface area contributed by atoms with Gasteiger partial charge < -0.3 is 14.7 Å². The van der Waals surface area contributed by atoms with Crippen molar-refractivity contribution >= 4 is 0 Å². The van der Waals surface area contributed by atoms with Crippen molar-refractivity contribution in [3.63, 3.8) is 0 Å². The van der Waals surface area contributed by atoms with Crippen LogP contribution in [-0.4, -0.2) is 30.2 Å². The maximum Gasteiger partial charge on any atom is 0.123 e. The predicted octanol–water partition coefficient (Wildman–Crippen LogP) is 3.76. The van der Waals surface area contributed by atoms with Crippen LogP contribution in [0.15, 0.2) is 18.2 Å². The third-order valence-electron chi connectivity index (χ3n) is 4.35. The molecule has 1 aromatic carbocycles. The summed E-state index contributed by atoms with van der Waals surface area (Å²) < 4.78 is 5.73. The number of aliphatic hydroxyl groups excluding tert-OH is 1. The monoisotopic (exact) mass is 291 g/mol. The summed E-state index contributed by atoms with van der Waals surface area (Å²) in [4.78, 5) is 2.39. The first-order valence-electron chi connectivity index (χ1n) is 8.22. The van der Waals surface area contributed by atoms with Gasteiger partial charge in [-0.3, -0.25) is 0 Å². The minimum absolute atomic E-state index is 0.431. The Bertz CT molecular complexity index is 439. The first-order chi connectivity index (χ1) is 10.1. The third-order valence-corrected chi connectivity index (χ3v) is 4.35. The van der Waals surface area contributed by atoms with Crippen molar-refractivity contribution in [2.24, 2.45) is 5.92 Å². The fraction of sp³-hybridized carbons (Fsp3) is 0.667. The average Bonchev–Trinajstić information content (AvgIpc) is 2.93. The zero-order valence-electron chi connectivity index (χ0n) is 13.6. The number of ether oxygens (including phenoxy) is 1. The second-order valence-electron chi connectivity index (χ2n) is 6.32. The number of aliphatic hydroxyl groups is 1. The van der Waals surface area contributed by atoms with E-state index < -0.39 is 6.10 Å². The Hall–Kier alpha value is -1.06. The highest BCUT2D eigenvalue weighted by molar-refractivity contribution is 5.38. The first kappa shape index (κ1) is 16.3. The Morgan fingerprint density at radius 2 is 2.05 bits per heavy atom. The predicted molar refractivity (Wildman–Crippen MR) is 86.5 cm³/mol. The van der Waals surface area contributed by atoms with Gasteiger partial charge in [-0.1, -0.05) is 18.9 Å². The van der Waals surface area contributed by atoms with E-state index >= 15 is 0 Å². The van der Waals surface area contributed by atoms with Gasteiger partial charge in [0.1, 0.15) is 5.75 Å². The highest BCUT2D eigenvalue weighted by atomic mass is 16.5. The Labute approximate surface area is 128 Å². The summed E-state index contributed by atoms with van der Waals surface area (Å²) in [5, 5.41) is 9.78. The molecule has 1 atom stereocenters. The third kappa shape index (κ3) is 4.72. The zero-order chi connectivity index (χ0) is 15.2. The number of nitrogens with zero attached hydrogens (tertiary/aromatic N) is 1. The van der Waals surface area contributed by atoms with Gasteiger partial charge in [0.25, 0.3) is 0 Å². The highest BCUT2D eigenvalue weighted by Gasteiger charge is 2.18. The average molecular weight is 291 g/mol. The van der Waals surface area contributed by atoms with Gasteiger partial charge in [0, 0.05) is 18.7 Å². The second-order valence-corrected chi connectivity index (χ2v) is 6.32. The number of hydrogen-bond donors (Lipinski definition) is 1. The maximum atomic E-state index is 9.78. The molecule has 1 N–H and O–H groups in total. The molecule has 0 bridgehead atoms. The van der Waals surface area contributed by atoms with Crippen LogP contribution in [0.2, 0.25) is 0 Å². The van der Waals surface area contributed by atoms with E-state index in [0.717, 1.165) is 30.3 Å². The minimum atomic E-state index is -0.431. The van der Waals surface area contributed by atoms with Crippen molar-refractivity contribution in [2.75, 3.05) is 20.2 Å². The van der Waals surface area contributed by atoms with E-state index in [4.69, 9.17) is 4.74 Å². The van der Waals surface area contributed by atoms with Crippen molar-refractivity contribution in [2.45, 2.75) is 52.2 Å². The largest absolute Gasteiger partial charge is 0.494 e. The van der Waals surface area contributed by atoms with Crippen LogP contribution in [0, 0.1) is 5.92 Å². The minimum Gasteiger partial charge on any atom is -0.494 e. The smallest absolute Gasteiger partial charge is 0.123 e. The van der Waals surface area contributed by atoms with E-state index in [0.29, 0.717) is 6.61 Å². The normalized spacial score (nSPS) is 17.4. The molecule has 21 heavy (non-hydrogen) atoms. The molecule has 1 aromatic rings. The SMILES string of the molecule is CCOc1ccc(C(C)O)cc1CN(C)CC1CCCC1. The molecule has 1 aliphatic carbocycles. The highest BCUT2D eigenvalue weighted by Crippen LogP contribution is 2.28. The van der Waals surface area contributed by atoms with Crippen molar-refractivity contribution in [1.82, 2.24) is 4.90 Å². The van der Waals surface area contributed by atoms with Crippen LogP contribution < -0.4 is 4.74 Å². The van der Waals surface area contributed by atoms with Crippen LogP contribution in [-0.2, 0) is 6.54 Å². The molecule has 3 nitrogen and oxygen atoms in total. The van der Waals surface area contributed by atoms with Gasteiger partial charge in [0.15, 0.2) is 0 Å². The molecular formula is C18H29NO2. The lowest BCUT2D eigenvalue weighted by molar-refractivity contribution is 0.198. The fourth-order valence-electron chi connectivity index (χ4n) is 3.27. The van der Waals surface area contributed by atoms with Crippen molar-refractivity contribution in [3.8, 4) is 5.75 Å². The summed E-state index contributed by atoms with van der Waals surface area (Å²) in [5.41, 5.74) is 2.14. The Kier molecular flexibility index (Phi) is 6.07. The van der Waals surface area contributed by atoms with E-state index in [2.05, 4.69) is 18.0 Å². The molecule has 2 rings (SSSR count). The van der Waals surface area contributed by atoms with Crippen molar-refractivity contribution < 1.29 is 9.84 Å². The molecule has 0 amide bonds. The van der Waals surface area contributed by atoms with E-state index in [1.807, 2.05) is 26.0 Å². The lowest BCUT2D eigenvalue weighted by atomic mass is 10.0. The molecule has 3 heteroatoms. The Balaban J connectivity index is 2.05. The quantitative estimate of drug-likeness (QED) is 0.830. The van der Waals surface area contributed by atoms with Crippen LogP contribution in [0.3, 0.4) is 0 Å². The van der Waals surface area contributed by atoms with E-state index in [1.165, 1.54) is 31.2 Å². The van der Waals surface area contributed by atoms with Gasteiger partial charge in [0.2, 0.25) is 0 Å². The van der Waals surface area contributed by atoms with Crippen molar-refractivity contribution in [1.29, 1.82) is 0 Å². The molecule has 0 saturated heterocycles. The topological polar surface area (TPSA) is 32.7 Å². The summed E-state index contributed by atoms with van der Waals surface area (Å²) in [6.45, 7) is 6.53. The van der Waals surface area contributed by atoms with Crippen LogP contribution >= 0.6 is 0 Å². The lowest BCUT2D eigenvalue weighted by Gasteiger charge is -2.22. The Morgan fingerprint density at radius 3 is 2.67 bits per heavy atom. The maximum absolute atomic E-state index is 9.78. The fourth-order valence-corrected chi connectivity index (χ4v) is 3.27. The summed E-state index contributed by atoms with van der Waals surface area (Å²) in [6, 6.07) is 6.03. The molecule has 1 aliphatic rings. The zero-order valence-corrected chi connectivity index (χ0v) is 13.6.